The lowest BCUT2D eigenvalue weighted by Gasteiger charge is -2.30. The van der Waals surface area contributed by atoms with E-state index in [1.54, 1.807) is 0 Å². The molecular weight excluding hydrogens is 407 g/mol. The van der Waals surface area contributed by atoms with Gasteiger partial charge in [0, 0.05) is 19.3 Å². The van der Waals surface area contributed by atoms with Crippen molar-refractivity contribution in [1.82, 2.24) is 0 Å². The molecule has 0 spiro atoms. The Morgan fingerprint density at radius 2 is 1.90 bits per heavy atom. The van der Waals surface area contributed by atoms with Gasteiger partial charge in [-0.25, -0.2) is 8.78 Å². The smallest absolute Gasteiger partial charge is 0.416 e. The van der Waals surface area contributed by atoms with Gasteiger partial charge < -0.3 is 9.84 Å². The van der Waals surface area contributed by atoms with Crippen molar-refractivity contribution in [1.29, 1.82) is 0 Å². The molecule has 0 bridgehead atoms. The Bertz CT molecular complexity index is 807. The number of allylic oxidation sites excluding steroid dienone is 1. The number of benzene rings is 1. The molecule has 3 nitrogen and oxygen atoms in total. The zero-order chi connectivity index (χ0) is 21.9. The van der Waals surface area contributed by atoms with E-state index >= 15 is 0 Å². The van der Waals surface area contributed by atoms with Crippen molar-refractivity contribution in [2.75, 3.05) is 6.61 Å². The van der Waals surface area contributed by atoms with Gasteiger partial charge in [-0.2, -0.15) is 13.2 Å². The maximum Gasteiger partial charge on any atom is 0.416 e. The minimum absolute atomic E-state index is 0.0615. The topological polar surface area (TPSA) is 46.5 Å². The van der Waals surface area contributed by atoms with E-state index < -0.39 is 36.5 Å². The van der Waals surface area contributed by atoms with Gasteiger partial charge in [0.25, 0.3) is 5.92 Å². The lowest BCUT2D eigenvalue weighted by Crippen LogP contribution is -2.26. The highest BCUT2D eigenvalue weighted by Gasteiger charge is 2.38. The number of ether oxygens (including phenoxy) is 1. The van der Waals surface area contributed by atoms with Gasteiger partial charge in [-0.3, -0.25) is 4.79 Å². The van der Waals surface area contributed by atoms with Crippen LogP contribution in [0.2, 0.25) is 0 Å². The molecule has 0 aromatic heterocycles. The predicted octanol–water partition coefficient (Wildman–Crippen LogP) is 6.41. The number of aryl methyl sites for hydroxylation is 1. The summed E-state index contributed by atoms with van der Waals surface area (Å²) >= 11 is 0. The number of carbonyl (C=O) groups is 1. The number of hydrogen-bond donors (Lipinski definition) is 1. The van der Waals surface area contributed by atoms with E-state index in [1.165, 1.54) is 12.1 Å². The third kappa shape index (κ3) is 5.73. The average molecular weight is 432 g/mol. The average Bonchev–Trinajstić information content (AvgIpc) is 3.18. The summed E-state index contributed by atoms with van der Waals surface area (Å²) in [5, 5.41) is 8.74. The van der Waals surface area contributed by atoms with Crippen molar-refractivity contribution < 1.29 is 36.6 Å². The number of alkyl halides is 5. The van der Waals surface area contributed by atoms with Gasteiger partial charge in [0.2, 0.25) is 0 Å². The van der Waals surface area contributed by atoms with Gasteiger partial charge >= 0.3 is 12.1 Å². The van der Waals surface area contributed by atoms with Crippen LogP contribution in [0.5, 0.6) is 5.75 Å². The molecule has 2 aliphatic carbocycles. The third-order valence-corrected chi connectivity index (χ3v) is 5.94. The van der Waals surface area contributed by atoms with Crippen molar-refractivity contribution in [3.8, 4) is 5.75 Å². The van der Waals surface area contributed by atoms with Crippen LogP contribution in [0, 0.1) is 5.92 Å². The lowest BCUT2D eigenvalue weighted by atomic mass is 9.81. The van der Waals surface area contributed by atoms with Gasteiger partial charge in [-0.05, 0) is 54.9 Å². The number of carboxylic acid groups (broad SMARTS) is 1. The molecule has 0 unspecified atom stereocenters. The molecule has 166 valence electrons. The molecule has 0 aliphatic heterocycles. The summed E-state index contributed by atoms with van der Waals surface area (Å²) in [5.41, 5.74) is 0.404. The van der Waals surface area contributed by atoms with E-state index in [4.69, 9.17) is 9.84 Å². The summed E-state index contributed by atoms with van der Waals surface area (Å²) in [6, 6.07) is 3.36. The van der Waals surface area contributed by atoms with E-state index in [0.29, 0.717) is 12.0 Å². The van der Waals surface area contributed by atoms with E-state index in [2.05, 4.69) is 0 Å². The Kier molecular flexibility index (Phi) is 6.72. The van der Waals surface area contributed by atoms with Gasteiger partial charge in [0.05, 0.1) is 5.56 Å². The second-order valence-corrected chi connectivity index (χ2v) is 8.14. The molecule has 0 heterocycles. The summed E-state index contributed by atoms with van der Waals surface area (Å²) in [6.45, 7) is -0.160. The molecule has 8 heteroatoms. The van der Waals surface area contributed by atoms with E-state index in [9.17, 15) is 26.7 Å². The first kappa shape index (κ1) is 22.6. The van der Waals surface area contributed by atoms with Gasteiger partial charge in [0.15, 0.2) is 0 Å². The molecule has 1 aromatic carbocycles. The van der Waals surface area contributed by atoms with E-state index in [1.807, 2.05) is 0 Å². The van der Waals surface area contributed by atoms with Crippen LogP contribution in [0.15, 0.2) is 29.3 Å². The molecule has 30 heavy (non-hydrogen) atoms. The molecule has 3 rings (SSSR count). The molecule has 0 radical (unpaired) electrons. The summed E-state index contributed by atoms with van der Waals surface area (Å²) in [6.07, 6.45) is -1.61. The number of carboxylic acids is 1. The highest BCUT2D eigenvalue weighted by Crippen LogP contribution is 2.44. The van der Waals surface area contributed by atoms with Crippen molar-refractivity contribution in [2.45, 2.75) is 69.9 Å². The maximum atomic E-state index is 14.0. The minimum atomic E-state index is -4.67. The maximum absolute atomic E-state index is 14.0. The largest absolute Gasteiger partial charge is 0.489 e. The second-order valence-electron chi connectivity index (χ2n) is 8.14. The number of halogens is 5. The van der Waals surface area contributed by atoms with Crippen LogP contribution < -0.4 is 4.74 Å². The summed E-state index contributed by atoms with van der Waals surface area (Å²) in [4.78, 5) is 10.7. The first-order valence-corrected chi connectivity index (χ1v) is 10.2. The standard InChI is InChI=1S/C22H25F5O3/c23-21(24)10-9-18(14-3-1-2-4-14)16(12-21)13-30-17-7-5-15(6-8-20(28)29)19(11-17)22(25,26)27/h5,7,11,14H,1-4,6,8-10,12-13H2,(H,28,29). The van der Waals surface area contributed by atoms with Crippen LogP contribution in [0.25, 0.3) is 0 Å². The van der Waals surface area contributed by atoms with Crippen LogP contribution in [-0.4, -0.2) is 23.6 Å². The summed E-state index contributed by atoms with van der Waals surface area (Å²) in [7, 11) is 0. The van der Waals surface area contributed by atoms with Crippen molar-refractivity contribution >= 4 is 5.97 Å². The Morgan fingerprint density at radius 3 is 2.53 bits per heavy atom. The zero-order valence-electron chi connectivity index (χ0n) is 16.5. The van der Waals surface area contributed by atoms with Crippen LogP contribution in [-0.2, 0) is 17.4 Å². The SMILES string of the molecule is O=C(O)CCc1ccc(OCC2=C(C3CCCC3)CCC(F)(F)C2)cc1C(F)(F)F. The molecule has 1 fully saturated rings. The Labute approximate surface area is 171 Å². The normalized spacial score (nSPS) is 19.9. The predicted molar refractivity (Wildman–Crippen MR) is 101 cm³/mol. The zero-order valence-corrected chi connectivity index (χ0v) is 16.5. The van der Waals surface area contributed by atoms with Crippen molar-refractivity contribution in [3.05, 3.63) is 40.5 Å². The molecule has 1 aromatic rings. The van der Waals surface area contributed by atoms with E-state index in [-0.39, 0.29) is 36.7 Å². The van der Waals surface area contributed by atoms with Crippen molar-refractivity contribution in [2.24, 2.45) is 5.92 Å². The molecule has 0 saturated heterocycles. The van der Waals surface area contributed by atoms with Gasteiger partial charge in [0.1, 0.15) is 12.4 Å². The number of aliphatic carboxylic acids is 1. The fraction of sp³-hybridized carbons (Fsp3) is 0.591. The first-order valence-electron chi connectivity index (χ1n) is 10.2. The summed E-state index contributed by atoms with van der Waals surface area (Å²) in [5.74, 6) is -3.80. The minimum Gasteiger partial charge on any atom is -0.489 e. The fourth-order valence-corrected chi connectivity index (χ4v) is 4.46. The fourth-order valence-electron chi connectivity index (χ4n) is 4.46. The van der Waals surface area contributed by atoms with E-state index in [0.717, 1.165) is 37.3 Å². The molecule has 1 saturated carbocycles. The molecule has 0 amide bonds. The lowest BCUT2D eigenvalue weighted by molar-refractivity contribution is -0.140. The monoisotopic (exact) mass is 432 g/mol. The number of hydrogen-bond acceptors (Lipinski definition) is 2. The third-order valence-electron chi connectivity index (χ3n) is 5.94. The Balaban J connectivity index is 1.79. The van der Waals surface area contributed by atoms with Crippen LogP contribution in [0.4, 0.5) is 22.0 Å². The second kappa shape index (κ2) is 8.94. The van der Waals surface area contributed by atoms with Crippen LogP contribution in [0.1, 0.15) is 62.5 Å². The van der Waals surface area contributed by atoms with Crippen LogP contribution >= 0.6 is 0 Å². The summed E-state index contributed by atoms with van der Waals surface area (Å²) < 4.78 is 73.7. The molecule has 1 N–H and O–H groups in total. The van der Waals surface area contributed by atoms with Gasteiger partial charge in [-0.1, -0.05) is 24.5 Å². The Hall–Kier alpha value is -2.12. The van der Waals surface area contributed by atoms with Gasteiger partial charge in [-0.15, -0.1) is 0 Å². The molecule has 2 aliphatic rings. The number of rotatable bonds is 7. The van der Waals surface area contributed by atoms with Crippen LogP contribution in [0.3, 0.4) is 0 Å². The first-order chi connectivity index (χ1) is 14.0. The molecular formula is C22H25F5O3. The highest BCUT2D eigenvalue weighted by molar-refractivity contribution is 5.67. The molecule has 0 atom stereocenters. The Morgan fingerprint density at radius 1 is 1.20 bits per heavy atom. The van der Waals surface area contributed by atoms with Crippen molar-refractivity contribution in [3.63, 3.8) is 0 Å². The highest BCUT2D eigenvalue weighted by atomic mass is 19.4. The quantitative estimate of drug-likeness (QED) is 0.400.